The molecule has 0 saturated carbocycles. The third-order valence-electron chi connectivity index (χ3n) is 3.28. The maximum Gasteiger partial charge on any atom is 0.219 e. The lowest BCUT2D eigenvalue weighted by Crippen LogP contribution is -2.48. The van der Waals surface area contributed by atoms with Crippen LogP contribution < -0.4 is 0 Å². The van der Waals surface area contributed by atoms with Crippen LogP contribution in [0.3, 0.4) is 0 Å². The number of piperazine rings is 1. The van der Waals surface area contributed by atoms with Gasteiger partial charge in [0, 0.05) is 26.6 Å². The van der Waals surface area contributed by atoms with Gasteiger partial charge in [0.25, 0.3) is 0 Å². The molecular formula is C13H18N2O. The molecule has 1 saturated heterocycles. The summed E-state index contributed by atoms with van der Waals surface area (Å²) >= 11 is 0. The molecule has 1 unspecified atom stereocenters. The first kappa shape index (κ1) is 11.1. The Bertz CT molecular complexity index is 363. The first-order chi connectivity index (χ1) is 7.68. The summed E-state index contributed by atoms with van der Waals surface area (Å²) in [6.07, 6.45) is 0. The lowest BCUT2D eigenvalue weighted by Gasteiger charge is -2.39. The molecule has 1 aliphatic rings. The third-order valence-corrected chi connectivity index (χ3v) is 3.28. The highest BCUT2D eigenvalue weighted by Crippen LogP contribution is 2.23. The van der Waals surface area contributed by atoms with Crippen LogP contribution in [0.25, 0.3) is 0 Å². The van der Waals surface area contributed by atoms with E-state index in [4.69, 9.17) is 0 Å². The minimum Gasteiger partial charge on any atom is -0.340 e. The minimum absolute atomic E-state index is 0.175. The summed E-state index contributed by atoms with van der Waals surface area (Å²) in [5.41, 5.74) is 1.29. The number of nitrogens with zero attached hydrogens (tertiary/aromatic N) is 2. The van der Waals surface area contributed by atoms with Crippen LogP contribution in [0.5, 0.6) is 0 Å². The van der Waals surface area contributed by atoms with E-state index in [1.807, 2.05) is 11.0 Å². The number of carbonyl (C=O) groups excluding carboxylic acids is 1. The fraction of sp³-hybridized carbons (Fsp3) is 0.462. The molecule has 1 amide bonds. The highest BCUT2D eigenvalue weighted by molar-refractivity contribution is 5.73. The normalized spacial score (nSPS) is 22.1. The summed E-state index contributed by atoms with van der Waals surface area (Å²) in [6, 6.07) is 10.7. The first-order valence-electron chi connectivity index (χ1n) is 5.69. The van der Waals surface area contributed by atoms with Gasteiger partial charge < -0.3 is 4.90 Å². The Morgan fingerprint density at radius 3 is 2.56 bits per heavy atom. The van der Waals surface area contributed by atoms with Crippen molar-refractivity contribution < 1.29 is 4.79 Å². The summed E-state index contributed by atoms with van der Waals surface area (Å²) in [4.78, 5) is 15.6. The van der Waals surface area contributed by atoms with Gasteiger partial charge in [-0.3, -0.25) is 9.69 Å². The Hall–Kier alpha value is -1.35. The molecule has 86 valence electrons. The van der Waals surface area contributed by atoms with Gasteiger partial charge in [-0.15, -0.1) is 0 Å². The first-order valence-corrected chi connectivity index (χ1v) is 5.69. The zero-order chi connectivity index (χ0) is 11.5. The van der Waals surface area contributed by atoms with Crippen LogP contribution in [-0.2, 0) is 4.79 Å². The number of likely N-dealkylation sites (N-methyl/N-ethyl adjacent to an activating group) is 1. The van der Waals surface area contributed by atoms with Crippen LogP contribution in [-0.4, -0.2) is 42.4 Å². The van der Waals surface area contributed by atoms with E-state index in [9.17, 15) is 4.79 Å². The molecule has 1 aromatic rings. The van der Waals surface area contributed by atoms with Crippen molar-refractivity contribution in [1.29, 1.82) is 0 Å². The maximum absolute atomic E-state index is 11.4. The molecule has 0 bridgehead atoms. The molecule has 3 heteroatoms. The zero-order valence-electron chi connectivity index (χ0n) is 9.89. The molecule has 1 heterocycles. The summed E-state index contributed by atoms with van der Waals surface area (Å²) in [7, 11) is 2.12. The predicted octanol–water partition coefficient (Wildman–Crippen LogP) is 1.52. The highest BCUT2D eigenvalue weighted by atomic mass is 16.2. The minimum atomic E-state index is 0.175. The van der Waals surface area contributed by atoms with Gasteiger partial charge in [-0.25, -0.2) is 0 Å². The van der Waals surface area contributed by atoms with Gasteiger partial charge in [-0.1, -0.05) is 30.3 Å². The van der Waals surface area contributed by atoms with Crippen LogP contribution in [0.1, 0.15) is 18.5 Å². The molecular weight excluding hydrogens is 200 g/mol. The lowest BCUT2D eigenvalue weighted by molar-refractivity contribution is -0.131. The maximum atomic E-state index is 11.4. The number of amides is 1. The molecule has 2 rings (SSSR count). The third kappa shape index (κ3) is 2.25. The van der Waals surface area contributed by atoms with Crippen LogP contribution in [0.2, 0.25) is 0 Å². The second-order valence-electron chi connectivity index (χ2n) is 4.37. The molecule has 1 fully saturated rings. The second-order valence-corrected chi connectivity index (χ2v) is 4.37. The predicted molar refractivity (Wildman–Crippen MR) is 64.1 cm³/mol. The van der Waals surface area contributed by atoms with Crippen molar-refractivity contribution in [2.45, 2.75) is 13.0 Å². The van der Waals surface area contributed by atoms with Crippen LogP contribution >= 0.6 is 0 Å². The SMILES string of the molecule is CC(=O)N1CCN(C)C(c2ccccc2)C1. The van der Waals surface area contributed by atoms with E-state index in [1.54, 1.807) is 6.92 Å². The summed E-state index contributed by atoms with van der Waals surface area (Å²) in [6.45, 7) is 4.23. The van der Waals surface area contributed by atoms with E-state index in [0.717, 1.165) is 19.6 Å². The molecule has 16 heavy (non-hydrogen) atoms. The second kappa shape index (κ2) is 4.66. The van der Waals surface area contributed by atoms with Crippen LogP contribution in [0.4, 0.5) is 0 Å². The van der Waals surface area contributed by atoms with E-state index in [1.165, 1.54) is 5.56 Å². The Morgan fingerprint density at radius 2 is 1.94 bits per heavy atom. The molecule has 1 aromatic carbocycles. The zero-order valence-corrected chi connectivity index (χ0v) is 9.89. The topological polar surface area (TPSA) is 23.6 Å². The van der Waals surface area contributed by atoms with Crippen molar-refractivity contribution in [3.8, 4) is 0 Å². The van der Waals surface area contributed by atoms with Crippen molar-refractivity contribution in [3.05, 3.63) is 35.9 Å². The summed E-state index contributed by atoms with van der Waals surface area (Å²) < 4.78 is 0. The summed E-state index contributed by atoms with van der Waals surface area (Å²) in [5, 5.41) is 0. The van der Waals surface area contributed by atoms with Crippen molar-refractivity contribution in [1.82, 2.24) is 9.80 Å². The van der Waals surface area contributed by atoms with E-state index < -0.39 is 0 Å². The largest absolute Gasteiger partial charge is 0.340 e. The van der Waals surface area contributed by atoms with Crippen LogP contribution in [0.15, 0.2) is 30.3 Å². The molecule has 0 N–H and O–H groups in total. The number of hydrogen-bond donors (Lipinski definition) is 0. The average Bonchev–Trinajstić information content (AvgIpc) is 2.30. The number of benzene rings is 1. The monoisotopic (exact) mass is 218 g/mol. The van der Waals surface area contributed by atoms with E-state index in [-0.39, 0.29) is 5.91 Å². The Balaban J connectivity index is 2.16. The molecule has 3 nitrogen and oxygen atoms in total. The standard InChI is InChI=1S/C13H18N2O/c1-11(16)15-9-8-14(2)13(10-15)12-6-4-3-5-7-12/h3-7,13H,8-10H2,1-2H3. The highest BCUT2D eigenvalue weighted by Gasteiger charge is 2.26. The lowest BCUT2D eigenvalue weighted by atomic mass is 10.0. The molecule has 0 spiro atoms. The van der Waals surface area contributed by atoms with Gasteiger partial charge in [0.15, 0.2) is 0 Å². The smallest absolute Gasteiger partial charge is 0.219 e. The Labute approximate surface area is 96.7 Å². The van der Waals surface area contributed by atoms with E-state index >= 15 is 0 Å². The van der Waals surface area contributed by atoms with Gasteiger partial charge in [-0.2, -0.15) is 0 Å². The Kier molecular flexibility index (Phi) is 3.25. The number of carbonyl (C=O) groups is 1. The summed E-state index contributed by atoms with van der Waals surface area (Å²) in [5.74, 6) is 0.175. The van der Waals surface area contributed by atoms with Crippen molar-refractivity contribution in [3.63, 3.8) is 0 Å². The molecule has 1 aliphatic heterocycles. The quantitative estimate of drug-likeness (QED) is 0.713. The van der Waals surface area contributed by atoms with Gasteiger partial charge in [0.05, 0.1) is 6.04 Å². The van der Waals surface area contributed by atoms with Gasteiger partial charge in [-0.05, 0) is 12.6 Å². The van der Waals surface area contributed by atoms with E-state index in [2.05, 4.69) is 36.2 Å². The van der Waals surface area contributed by atoms with Crippen molar-refractivity contribution in [2.24, 2.45) is 0 Å². The fourth-order valence-corrected chi connectivity index (χ4v) is 2.19. The fourth-order valence-electron chi connectivity index (χ4n) is 2.19. The van der Waals surface area contributed by atoms with Gasteiger partial charge >= 0.3 is 0 Å². The van der Waals surface area contributed by atoms with Gasteiger partial charge in [0.1, 0.15) is 0 Å². The van der Waals surface area contributed by atoms with E-state index in [0.29, 0.717) is 6.04 Å². The molecule has 1 atom stereocenters. The van der Waals surface area contributed by atoms with Crippen molar-refractivity contribution in [2.75, 3.05) is 26.7 Å². The van der Waals surface area contributed by atoms with Gasteiger partial charge in [0.2, 0.25) is 5.91 Å². The Morgan fingerprint density at radius 1 is 1.25 bits per heavy atom. The number of hydrogen-bond acceptors (Lipinski definition) is 2. The molecule has 0 aliphatic carbocycles. The number of rotatable bonds is 1. The average molecular weight is 218 g/mol. The van der Waals surface area contributed by atoms with Crippen molar-refractivity contribution >= 4 is 5.91 Å². The molecule has 0 aromatic heterocycles. The van der Waals surface area contributed by atoms with Crippen LogP contribution in [0, 0.1) is 0 Å². The molecule has 0 radical (unpaired) electrons.